The third-order valence-corrected chi connectivity index (χ3v) is 2.59. The first-order valence-corrected chi connectivity index (χ1v) is 6.91. The van der Waals surface area contributed by atoms with Crippen LogP contribution in [0.1, 0.15) is 45.6 Å². The molecule has 0 aliphatic heterocycles. The Morgan fingerprint density at radius 1 is 1.16 bits per heavy atom. The molecule has 2 heteroatoms. The van der Waals surface area contributed by atoms with E-state index >= 15 is 0 Å². The molecule has 1 aromatic carbocycles. The maximum Gasteiger partial charge on any atom is 0.330 e. The van der Waals surface area contributed by atoms with Crippen LogP contribution < -0.4 is 0 Å². The second-order valence-corrected chi connectivity index (χ2v) is 5.67. The van der Waals surface area contributed by atoms with Gasteiger partial charge in [0.1, 0.15) is 5.60 Å². The zero-order valence-electron chi connectivity index (χ0n) is 12.2. The Morgan fingerprint density at radius 3 is 2.47 bits per heavy atom. The second-order valence-electron chi connectivity index (χ2n) is 5.67. The first-order valence-electron chi connectivity index (χ1n) is 6.91. The molecule has 0 aromatic heterocycles. The summed E-state index contributed by atoms with van der Waals surface area (Å²) in [6.07, 6.45) is 7.69. The number of unbranched alkanes of at least 4 members (excludes halogenated alkanes) is 2. The van der Waals surface area contributed by atoms with Crippen molar-refractivity contribution in [1.82, 2.24) is 0 Å². The molecule has 1 aromatic rings. The number of benzene rings is 1. The highest BCUT2D eigenvalue weighted by atomic mass is 16.6. The number of hydrogen-bond acceptors (Lipinski definition) is 2. The van der Waals surface area contributed by atoms with Gasteiger partial charge >= 0.3 is 5.97 Å². The number of carbonyl (C=O) groups is 1. The number of esters is 1. The van der Waals surface area contributed by atoms with Gasteiger partial charge in [0.25, 0.3) is 0 Å². The highest BCUT2D eigenvalue weighted by Gasteiger charge is 2.13. The molecule has 0 aliphatic carbocycles. The maximum atomic E-state index is 11.4. The van der Waals surface area contributed by atoms with Crippen LogP contribution in [0.15, 0.2) is 42.5 Å². The van der Waals surface area contributed by atoms with Gasteiger partial charge in [0, 0.05) is 6.08 Å². The molecule has 0 bridgehead atoms. The van der Waals surface area contributed by atoms with Gasteiger partial charge in [0.05, 0.1) is 0 Å². The number of ether oxygens (including phenoxy) is 1. The van der Waals surface area contributed by atoms with Crippen LogP contribution in [0.3, 0.4) is 0 Å². The molecule has 0 N–H and O–H groups in total. The minimum Gasteiger partial charge on any atom is -0.457 e. The van der Waals surface area contributed by atoms with Gasteiger partial charge in [-0.05, 0) is 52.0 Å². The lowest BCUT2D eigenvalue weighted by Crippen LogP contribution is -2.22. The van der Waals surface area contributed by atoms with Gasteiger partial charge in [0.15, 0.2) is 0 Å². The van der Waals surface area contributed by atoms with Gasteiger partial charge in [-0.15, -0.1) is 0 Å². The van der Waals surface area contributed by atoms with E-state index in [0.29, 0.717) is 0 Å². The average Bonchev–Trinajstić information content (AvgIpc) is 2.32. The largest absolute Gasteiger partial charge is 0.457 e. The van der Waals surface area contributed by atoms with Crippen molar-refractivity contribution in [2.75, 3.05) is 0 Å². The summed E-state index contributed by atoms with van der Waals surface area (Å²) in [4.78, 5) is 11.4. The van der Waals surface area contributed by atoms with Crippen molar-refractivity contribution in [1.29, 1.82) is 0 Å². The molecule has 0 saturated heterocycles. The van der Waals surface area contributed by atoms with Gasteiger partial charge in [-0.1, -0.05) is 36.4 Å². The zero-order chi connectivity index (χ0) is 14.1. The third-order valence-electron chi connectivity index (χ3n) is 2.59. The molecule has 0 radical (unpaired) electrons. The van der Waals surface area contributed by atoms with Crippen LogP contribution in [0.25, 0.3) is 0 Å². The Morgan fingerprint density at radius 2 is 1.84 bits per heavy atom. The van der Waals surface area contributed by atoms with Crippen LogP contribution in [0.4, 0.5) is 0 Å². The number of rotatable bonds is 6. The molecule has 1 rings (SSSR count). The fourth-order valence-corrected chi connectivity index (χ4v) is 1.75. The molecular formula is C17H24O2. The van der Waals surface area contributed by atoms with Gasteiger partial charge in [-0.3, -0.25) is 0 Å². The molecule has 0 fully saturated rings. The second kappa shape index (κ2) is 7.78. The lowest BCUT2D eigenvalue weighted by molar-refractivity contribution is -0.148. The maximum absolute atomic E-state index is 11.4. The summed E-state index contributed by atoms with van der Waals surface area (Å²) in [5.41, 5.74) is 0.966. The quantitative estimate of drug-likeness (QED) is 0.433. The monoisotopic (exact) mass is 260 g/mol. The Labute approximate surface area is 116 Å². The Balaban J connectivity index is 2.12. The number of allylic oxidation sites excluding steroid dienone is 1. The van der Waals surface area contributed by atoms with Gasteiger partial charge in [-0.2, -0.15) is 0 Å². The van der Waals surface area contributed by atoms with Crippen LogP contribution in [-0.4, -0.2) is 11.6 Å². The summed E-state index contributed by atoms with van der Waals surface area (Å²) >= 11 is 0. The van der Waals surface area contributed by atoms with Crippen LogP contribution in [0.2, 0.25) is 0 Å². The molecule has 2 nitrogen and oxygen atoms in total. The molecule has 0 atom stereocenters. The summed E-state index contributed by atoms with van der Waals surface area (Å²) < 4.78 is 5.19. The smallest absolute Gasteiger partial charge is 0.330 e. The summed E-state index contributed by atoms with van der Waals surface area (Å²) in [5, 5.41) is 0. The van der Waals surface area contributed by atoms with Crippen molar-refractivity contribution < 1.29 is 9.53 Å². The summed E-state index contributed by atoms with van der Waals surface area (Å²) in [5.74, 6) is -0.254. The predicted octanol–water partition coefficient (Wildman–Crippen LogP) is 4.30. The zero-order valence-corrected chi connectivity index (χ0v) is 12.2. The highest BCUT2D eigenvalue weighted by Crippen LogP contribution is 2.09. The molecule has 0 aliphatic rings. The molecule has 0 unspecified atom stereocenters. The van der Waals surface area contributed by atoms with E-state index in [-0.39, 0.29) is 5.97 Å². The van der Waals surface area contributed by atoms with Crippen molar-refractivity contribution in [3.63, 3.8) is 0 Å². The minimum atomic E-state index is -0.408. The third kappa shape index (κ3) is 8.20. The fraction of sp³-hybridized carbons (Fsp3) is 0.471. The first-order chi connectivity index (χ1) is 8.97. The lowest BCUT2D eigenvalue weighted by Gasteiger charge is -2.17. The van der Waals surface area contributed by atoms with E-state index in [1.165, 1.54) is 11.6 Å². The van der Waals surface area contributed by atoms with Gasteiger partial charge in [0.2, 0.25) is 0 Å². The summed E-state index contributed by atoms with van der Waals surface area (Å²) in [6, 6.07) is 10.5. The van der Waals surface area contributed by atoms with Crippen LogP contribution in [-0.2, 0) is 16.0 Å². The summed E-state index contributed by atoms with van der Waals surface area (Å²) in [6.45, 7) is 5.62. The van der Waals surface area contributed by atoms with E-state index in [0.717, 1.165) is 25.7 Å². The number of carbonyl (C=O) groups excluding carboxylic acids is 1. The first kappa shape index (κ1) is 15.5. The van der Waals surface area contributed by atoms with Crippen LogP contribution in [0.5, 0.6) is 0 Å². The van der Waals surface area contributed by atoms with Crippen molar-refractivity contribution in [2.24, 2.45) is 0 Å². The predicted molar refractivity (Wildman–Crippen MR) is 79.0 cm³/mol. The van der Waals surface area contributed by atoms with E-state index in [4.69, 9.17) is 4.74 Å². The van der Waals surface area contributed by atoms with E-state index in [1.807, 2.05) is 32.9 Å². The van der Waals surface area contributed by atoms with Crippen LogP contribution in [0, 0.1) is 0 Å². The SMILES string of the molecule is CC(C)(C)OC(=O)/C=C/CCCCc1ccccc1. The Bertz CT molecular complexity index is 399. The van der Waals surface area contributed by atoms with E-state index < -0.39 is 5.60 Å². The van der Waals surface area contributed by atoms with Gasteiger partial charge < -0.3 is 4.74 Å². The molecule has 0 amide bonds. The Hall–Kier alpha value is -1.57. The average molecular weight is 260 g/mol. The van der Waals surface area contributed by atoms with Crippen molar-refractivity contribution in [3.8, 4) is 0 Å². The van der Waals surface area contributed by atoms with Crippen molar-refractivity contribution in [2.45, 2.75) is 52.1 Å². The number of hydrogen-bond donors (Lipinski definition) is 0. The van der Waals surface area contributed by atoms with Gasteiger partial charge in [-0.25, -0.2) is 4.79 Å². The minimum absolute atomic E-state index is 0.254. The van der Waals surface area contributed by atoms with E-state index in [2.05, 4.69) is 24.3 Å². The molecule has 19 heavy (non-hydrogen) atoms. The number of aryl methyl sites for hydroxylation is 1. The van der Waals surface area contributed by atoms with E-state index in [1.54, 1.807) is 0 Å². The molecule has 104 valence electrons. The molecule has 0 heterocycles. The summed E-state index contributed by atoms with van der Waals surface area (Å²) in [7, 11) is 0. The molecule has 0 saturated carbocycles. The normalized spacial score (nSPS) is 11.7. The van der Waals surface area contributed by atoms with Crippen molar-refractivity contribution in [3.05, 3.63) is 48.0 Å². The van der Waals surface area contributed by atoms with E-state index in [9.17, 15) is 4.79 Å². The molecular weight excluding hydrogens is 236 g/mol. The highest BCUT2D eigenvalue weighted by molar-refractivity contribution is 5.82. The molecule has 0 spiro atoms. The fourth-order valence-electron chi connectivity index (χ4n) is 1.75. The Kier molecular flexibility index (Phi) is 6.34. The topological polar surface area (TPSA) is 26.3 Å². The standard InChI is InChI=1S/C17H24O2/c1-17(2,3)19-16(18)14-10-5-4-7-11-15-12-8-6-9-13-15/h6,8-10,12-14H,4-5,7,11H2,1-3H3/b14-10+. The van der Waals surface area contributed by atoms with Crippen LogP contribution >= 0.6 is 0 Å². The lowest BCUT2D eigenvalue weighted by atomic mass is 10.1. The van der Waals surface area contributed by atoms with Crippen molar-refractivity contribution >= 4 is 5.97 Å².